The van der Waals surface area contributed by atoms with Crippen molar-refractivity contribution in [3.8, 4) is 0 Å². The van der Waals surface area contributed by atoms with Crippen molar-refractivity contribution in [2.45, 2.75) is 25.3 Å². The van der Waals surface area contributed by atoms with Crippen LogP contribution in [0.1, 0.15) is 19.3 Å². The number of pyridine rings is 2. The molecule has 1 aliphatic rings. The molecular weight excluding hydrogens is 347 g/mol. The zero-order valence-electron chi connectivity index (χ0n) is 15.7. The lowest BCUT2D eigenvalue weighted by Crippen LogP contribution is -2.36. The minimum Gasteiger partial charge on any atom is -0.381 e. The standard InChI is InChI=1S/C19H25FN6O/c1-25(2)18-6-5-15(12-22-18)23-14-4-3-10-26(11-8-14)19(27)24-17-7-9-21-13-16(17)20/h5-7,9,12-14,23H,3-4,8,10-11H2,1-2H3,(H,21,24,27)/t14-/m0/s1. The second kappa shape index (κ2) is 8.66. The van der Waals surface area contributed by atoms with E-state index in [1.54, 1.807) is 4.90 Å². The topological polar surface area (TPSA) is 73.4 Å². The normalized spacial score (nSPS) is 17.1. The Morgan fingerprint density at radius 3 is 2.78 bits per heavy atom. The van der Waals surface area contributed by atoms with Gasteiger partial charge in [0.2, 0.25) is 0 Å². The summed E-state index contributed by atoms with van der Waals surface area (Å²) in [6.45, 7) is 1.26. The van der Waals surface area contributed by atoms with Crippen molar-refractivity contribution in [3.63, 3.8) is 0 Å². The van der Waals surface area contributed by atoms with Gasteiger partial charge in [0, 0.05) is 39.4 Å². The number of nitrogens with one attached hydrogen (secondary N) is 2. The molecule has 27 heavy (non-hydrogen) atoms. The van der Waals surface area contributed by atoms with Gasteiger partial charge in [-0.1, -0.05) is 0 Å². The summed E-state index contributed by atoms with van der Waals surface area (Å²) >= 11 is 0. The molecule has 3 heterocycles. The third-order valence-electron chi connectivity index (χ3n) is 4.61. The van der Waals surface area contributed by atoms with E-state index >= 15 is 0 Å². The van der Waals surface area contributed by atoms with E-state index in [4.69, 9.17) is 0 Å². The number of amides is 2. The quantitative estimate of drug-likeness (QED) is 0.862. The first-order chi connectivity index (χ1) is 13.0. The van der Waals surface area contributed by atoms with Crippen LogP contribution in [0.4, 0.5) is 26.4 Å². The number of likely N-dealkylation sites (tertiary alicyclic amines) is 1. The van der Waals surface area contributed by atoms with Gasteiger partial charge in [-0.2, -0.15) is 0 Å². The zero-order valence-corrected chi connectivity index (χ0v) is 15.7. The molecule has 0 radical (unpaired) electrons. The lowest BCUT2D eigenvalue weighted by atomic mass is 10.1. The molecule has 0 saturated carbocycles. The predicted octanol–water partition coefficient (Wildman–Crippen LogP) is 3.18. The molecule has 1 atom stereocenters. The highest BCUT2D eigenvalue weighted by Gasteiger charge is 2.21. The van der Waals surface area contributed by atoms with E-state index in [1.807, 2.05) is 37.3 Å². The molecule has 0 aromatic carbocycles. The van der Waals surface area contributed by atoms with E-state index in [9.17, 15) is 9.18 Å². The second-order valence-electron chi connectivity index (χ2n) is 6.84. The fraction of sp³-hybridized carbons (Fsp3) is 0.421. The van der Waals surface area contributed by atoms with Crippen LogP contribution in [0, 0.1) is 5.82 Å². The molecule has 1 aliphatic heterocycles. The number of anilines is 3. The Hall–Kier alpha value is -2.90. The van der Waals surface area contributed by atoms with Gasteiger partial charge in [-0.15, -0.1) is 0 Å². The van der Waals surface area contributed by atoms with Crippen LogP contribution < -0.4 is 15.5 Å². The Labute approximate surface area is 158 Å². The number of hydrogen-bond donors (Lipinski definition) is 2. The van der Waals surface area contributed by atoms with Crippen molar-refractivity contribution >= 4 is 23.2 Å². The number of carbonyl (C=O) groups excluding carboxylic acids is 1. The van der Waals surface area contributed by atoms with Crippen LogP contribution in [-0.2, 0) is 0 Å². The summed E-state index contributed by atoms with van der Waals surface area (Å²) < 4.78 is 13.7. The first kappa shape index (κ1) is 18.9. The number of hydrogen-bond acceptors (Lipinski definition) is 5. The molecule has 0 spiro atoms. The van der Waals surface area contributed by atoms with Crippen LogP contribution in [0.3, 0.4) is 0 Å². The molecule has 2 aromatic heterocycles. The molecule has 0 aliphatic carbocycles. The number of urea groups is 1. The summed E-state index contributed by atoms with van der Waals surface area (Å²) in [5.41, 5.74) is 1.13. The molecule has 2 aromatic rings. The molecule has 0 bridgehead atoms. The SMILES string of the molecule is CN(C)c1ccc(N[C@H]2CCCN(C(=O)Nc3ccncc3F)CC2)cn1. The molecule has 2 N–H and O–H groups in total. The predicted molar refractivity (Wildman–Crippen MR) is 105 cm³/mol. The average molecular weight is 372 g/mol. The maximum atomic E-state index is 13.7. The Balaban J connectivity index is 1.54. The van der Waals surface area contributed by atoms with E-state index in [2.05, 4.69) is 20.6 Å². The minimum absolute atomic E-state index is 0.154. The van der Waals surface area contributed by atoms with Crippen molar-refractivity contribution in [3.05, 3.63) is 42.6 Å². The van der Waals surface area contributed by atoms with E-state index in [0.29, 0.717) is 13.1 Å². The number of carbonyl (C=O) groups is 1. The summed E-state index contributed by atoms with van der Waals surface area (Å²) in [4.78, 5) is 24.2. The van der Waals surface area contributed by atoms with Crippen LogP contribution in [0.5, 0.6) is 0 Å². The van der Waals surface area contributed by atoms with Gasteiger partial charge in [-0.25, -0.2) is 14.2 Å². The molecule has 0 unspecified atom stereocenters. The van der Waals surface area contributed by atoms with Crippen LogP contribution >= 0.6 is 0 Å². The highest BCUT2D eigenvalue weighted by atomic mass is 19.1. The number of halogens is 1. The van der Waals surface area contributed by atoms with Gasteiger partial charge in [0.05, 0.1) is 23.8 Å². The molecular formula is C19H25FN6O. The monoisotopic (exact) mass is 372 g/mol. The molecule has 8 heteroatoms. The number of rotatable bonds is 4. The van der Waals surface area contributed by atoms with E-state index in [0.717, 1.165) is 37.0 Å². The van der Waals surface area contributed by atoms with Crippen molar-refractivity contribution in [1.82, 2.24) is 14.9 Å². The van der Waals surface area contributed by atoms with Crippen LogP contribution in [0.15, 0.2) is 36.8 Å². The van der Waals surface area contributed by atoms with E-state index < -0.39 is 5.82 Å². The molecule has 144 valence electrons. The van der Waals surface area contributed by atoms with Gasteiger partial charge in [0.1, 0.15) is 5.82 Å². The average Bonchev–Trinajstić information content (AvgIpc) is 2.90. The molecule has 1 fully saturated rings. The van der Waals surface area contributed by atoms with E-state index in [-0.39, 0.29) is 17.8 Å². The molecule has 7 nitrogen and oxygen atoms in total. The highest BCUT2D eigenvalue weighted by Crippen LogP contribution is 2.19. The largest absolute Gasteiger partial charge is 0.381 e. The lowest BCUT2D eigenvalue weighted by Gasteiger charge is -2.22. The van der Waals surface area contributed by atoms with Crippen molar-refractivity contribution in [2.24, 2.45) is 0 Å². The molecule has 2 amide bonds. The third-order valence-corrected chi connectivity index (χ3v) is 4.61. The van der Waals surface area contributed by atoms with E-state index in [1.165, 1.54) is 12.3 Å². The summed E-state index contributed by atoms with van der Waals surface area (Å²) in [7, 11) is 3.91. The first-order valence-corrected chi connectivity index (χ1v) is 9.08. The van der Waals surface area contributed by atoms with Gasteiger partial charge >= 0.3 is 6.03 Å². The first-order valence-electron chi connectivity index (χ1n) is 9.08. The Morgan fingerprint density at radius 2 is 2.07 bits per heavy atom. The fourth-order valence-corrected chi connectivity index (χ4v) is 3.09. The lowest BCUT2D eigenvalue weighted by molar-refractivity contribution is 0.213. The maximum Gasteiger partial charge on any atom is 0.321 e. The highest BCUT2D eigenvalue weighted by molar-refractivity contribution is 5.89. The van der Waals surface area contributed by atoms with Crippen molar-refractivity contribution in [1.29, 1.82) is 0 Å². The minimum atomic E-state index is -0.533. The van der Waals surface area contributed by atoms with Gasteiger partial charge in [-0.05, 0) is 37.5 Å². The summed E-state index contributed by atoms with van der Waals surface area (Å²) in [5, 5.41) is 6.12. The van der Waals surface area contributed by atoms with Crippen molar-refractivity contribution < 1.29 is 9.18 Å². The Kier molecular flexibility index (Phi) is 6.05. The molecule has 1 saturated heterocycles. The second-order valence-corrected chi connectivity index (χ2v) is 6.84. The van der Waals surface area contributed by atoms with Gasteiger partial charge in [-0.3, -0.25) is 4.98 Å². The van der Waals surface area contributed by atoms with Gasteiger partial charge < -0.3 is 20.4 Å². The Morgan fingerprint density at radius 1 is 1.22 bits per heavy atom. The number of aromatic nitrogens is 2. The molecule has 3 rings (SSSR count). The summed E-state index contributed by atoms with van der Waals surface area (Å²) in [5.74, 6) is 0.376. The van der Waals surface area contributed by atoms with Gasteiger partial charge in [0.25, 0.3) is 0 Å². The van der Waals surface area contributed by atoms with Crippen LogP contribution in [0.25, 0.3) is 0 Å². The summed E-state index contributed by atoms with van der Waals surface area (Å²) in [6.07, 6.45) is 7.04. The van der Waals surface area contributed by atoms with Crippen LogP contribution in [0.2, 0.25) is 0 Å². The van der Waals surface area contributed by atoms with Crippen molar-refractivity contribution in [2.75, 3.05) is 42.7 Å². The number of nitrogens with zero attached hydrogens (tertiary/aromatic N) is 4. The zero-order chi connectivity index (χ0) is 19.2. The Bertz CT molecular complexity index is 767. The third kappa shape index (κ3) is 5.06. The fourth-order valence-electron chi connectivity index (χ4n) is 3.09. The summed E-state index contributed by atoms with van der Waals surface area (Å²) in [6, 6.07) is 5.44. The van der Waals surface area contributed by atoms with Gasteiger partial charge in [0.15, 0.2) is 5.82 Å². The smallest absolute Gasteiger partial charge is 0.321 e. The van der Waals surface area contributed by atoms with Crippen LogP contribution in [-0.4, -0.2) is 54.1 Å². The maximum absolute atomic E-state index is 13.7.